The Bertz CT molecular complexity index is 430. The van der Waals surface area contributed by atoms with Crippen molar-refractivity contribution in [2.24, 2.45) is 0 Å². The Morgan fingerprint density at radius 2 is 2.00 bits per heavy atom. The molecule has 0 aromatic carbocycles. The highest BCUT2D eigenvalue weighted by molar-refractivity contribution is 5.77. The number of halogens is 5. The molecule has 1 aromatic heterocycles. The van der Waals surface area contributed by atoms with Gasteiger partial charge >= 0.3 is 6.18 Å². The van der Waals surface area contributed by atoms with E-state index in [1.807, 2.05) is 0 Å². The fraction of sp³-hybridized carbons (Fsp3) is 0.333. The molecule has 17 heavy (non-hydrogen) atoms. The van der Waals surface area contributed by atoms with E-state index in [4.69, 9.17) is 0 Å². The number of methoxy groups -OCH3 is 1. The Morgan fingerprint density at radius 3 is 2.35 bits per heavy atom. The van der Waals surface area contributed by atoms with Crippen molar-refractivity contribution in [2.75, 3.05) is 7.11 Å². The van der Waals surface area contributed by atoms with Crippen LogP contribution in [0.15, 0.2) is 6.07 Å². The van der Waals surface area contributed by atoms with E-state index < -0.39 is 35.3 Å². The highest BCUT2D eigenvalue weighted by Crippen LogP contribution is 2.38. The summed E-state index contributed by atoms with van der Waals surface area (Å²) in [5.74, 6) is -0.864. The number of pyridine rings is 1. The number of hydrogen-bond acceptors (Lipinski definition) is 3. The van der Waals surface area contributed by atoms with Gasteiger partial charge in [-0.2, -0.15) is 13.2 Å². The van der Waals surface area contributed by atoms with Crippen LogP contribution in [0.4, 0.5) is 22.0 Å². The normalized spacial score (nSPS) is 11.7. The number of carbonyl (C=O) groups excluding carboxylic acids is 1. The smallest absolute Gasteiger partial charge is 0.420 e. The summed E-state index contributed by atoms with van der Waals surface area (Å²) >= 11 is 0. The topological polar surface area (TPSA) is 39.2 Å². The molecule has 1 aromatic rings. The van der Waals surface area contributed by atoms with E-state index in [0.717, 1.165) is 7.11 Å². The second kappa shape index (κ2) is 4.64. The van der Waals surface area contributed by atoms with Gasteiger partial charge in [-0.15, -0.1) is 0 Å². The molecule has 0 spiro atoms. The zero-order valence-electron chi connectivity index (χ0n) is 8.39. The van der Waals surface area contributed by atoms with Gasteiger partial charge in [-0.3, -0.25) is 4.79 Å². The van der Waals surface area contributed by atoms with Crippen molar-refractivity contribution < 1.29 is 31.5 Å². The summed E-state index contributed by atoms with van der Waals surface area (Å²) in [4.78, 5) is 13.6. The molecule has 0 N–H and O–H groups in total. The largest absolute Gasteiger partial charge is 0.494 e. The van der Waals surface area contributed by atoms with Crippen LogP contribution in [0.2, 0.25) is 0 Å². The predicted octanol–water partition coefficient (Wildman–Crippen LogP) is 2.86. The van der Waals surface area contributed by atoms with Gasteiger partial charge in [0.15, 0.2) is 12.0 Å². The molecule has 0 radical (unpaired) electrons. The van der Waals surface area contributed by atoms with Crippen LogP contribution in [-0.2, 0) is 6.18 Å². The highest BCUT2D eigenvalue weighted by atomic mass is 19.4. The van der Waals surface area contributed by atoms with Crippen molar-refractivity contribution in [2.45, 2.75) is 12.6 Å². The molecule has 0 atom stereocenters. The van der Waals surface area contributed by atoms with Gasteiger partial charge in [-0.25, -0.2) is 13.8 Å². The average Bonchev–Trinajstić information content (AvgIpc) is 2.25. The molecular weight excluding hydrogens is 249 g/mol. The molecule has 0 aliphatic rings. The predicted molar refractivity (Wildman–Crippen MR) is 46.1 cm³/mol. The van der Waals surface area contributed by atoms with Crippen molar-refractivity contribution in [1.82, 2.24) is 4.98 Å². The van der Waals surface area contributed by atoms with E-state index in [-0.39, 0.29) is 12.4 Å². The lowest BCUT2D eigenvalue weighted by Crippen LogP contribution is -2.12. The van der Waals surface area contributed by atoms with Crippen molar-refractivity contribution in [3.05, 3.63) is 23.0 Å². The molecule has 0 unspecified atom stereocenters. The van der Waals surface area contributed by atoms with Crippen LogP contribution in [0.1, 0.15) is 28.2 Å². The molecule has 94 valence electrons. The molecular formula is C9H6F5NO2. The number of ether oxygens (including phenoxy) is 1. The van der Waals surface area contributed by atoms with Gasteiger partial charge in [0, 0.05) is 0 Å². The molecule has 0 saturated heterocycles. The summed E-state index contributed by atoms with van der Waals surface area (Å²) in [7, 11) is 0.890. The van der Waals surface area contributed by atoms with Gasteiger partial charge in [-0.05, 0) is 6.07 Å². The molecule has 0 saturated carbocycles. The van der Waals surface area contributed by atoms with Crippen LogP contribution in [0.5, 0.6) is 5.75 Å². The number of aldehydes is 1. The molecule has 0 aliphatic heterocycles. The highest BCUT2D eigenvalue weighted by Gasteiger charge is 2.37. The van der Waals surface area contributed by atoms with Crippen LogP contribution in [0.3, 0.4) is 0 Å². The second-order valence-electron chi connectivity index (χ2n) is 2.93. The maximum Gasteiger partial charge on any atom is 0.420 e. The zero-order valence-corrected chi connectivity index (χ0v) is 8.39. The van der Waals surface area contributed by atoms with Gasteiger partial charge in [0.05, 0.1) is 7.11 Å². The summed E-state index contributed by atoms with van der Waals surface area (Å²) in [5.41, 5.74) is -3.38. The number of nitrogens with zero attached hydrogens (tertiary/aromatic N) is 1. The zero-order chi connectivity index (χ0) is 13.2. The number of aromatic nitrogens is 1. The Hall–Kier alpha value is -1.73. The number of alkyl halides is 5. The second-order valence-corrected chi connectivity index (χ2v) is 2.93. The van der Waals surface area contributed by atoms with Crippen molar-refractivity contribution in [3.8, 4) is 5.75 Å². The Morgan fingerprint density at radius 1 is 1.41 bits per heavy atom. The van der Waals surface area contributed by atoms with Gasteiger partial charge in [-0.1, -0.05) is 0 Å². The summed E-state index contributed by atoms with van der Waals surface area (Å²) < 4.78 is 66.6. The lowest BCUT2D eigenvalue weighted by atomic mass is 10.1. The van der Waals surface area contributed by atoms with Gasteiger partial charge in [0.25, 0.3) is 6.43 Å². The van der Waals surface area contributed by atoms with E-state index in [0.29, 0.717) is 0 Å². The maximum absolute atomic E-state index is 12.5. The van der Waals surface area contributed by atoms with E-state index in [1.54, 1.807) is 0 Å². The monoisotopic (exact) mass is 255 g/mol. The molecule has 0 amide bonds. The molecule has 0 aliphatic carbocycles. The summed E-state index contributed by atoms with van der Waals surface area (Å²) in [6, 6.07) is 0.163. The molecule has 0 fully saturated rings. The van der Waals surface area contributed by atoms with Crippen LogP contribution < -0.4 is 4.74 Å². The SMILES string of the molecule is COc1c(C(F)(F)F)cc(C(F)F)nc1C=O. The molecule has 0 bridgehead atoms. The Kier molecular flexibility index (Phi) is 3.64. The van der Waals surface area contributed by atoms with Crippen molar-refractivity contribution >= 4 is 6.29 Å². The first-order chi connectivity index (χ1) is 7.81. The van der Waals surface area contributed by atoms with Gasteiger partial charge < -0.3 is 4.74 Å². The first-order valence-electron chi connectivity index (χ1n) is 4.20. The molecule has 1 heterocycles. The van der Waals surface area contributed by atoms with E-state index in [9.17, 15) is 26.7 Å². The standard InChI is InChI=1S/C9H6F5NO2/c1-17-7-4(9(12,13)14)2-5(8(10)11)15-6(7)3-16/h2-3,8H,1H3. The van der Waals surface area contributed by atoms with E-state index in [2.05, 4.69) is 9.72 Å². The minimum absolute atomic E-state index is 0.0695. The molecule has 8 heteroatoms. The Labute approximate surface area is 92.2 Å². The Balaban J connectivity index is 3.54. The van der Waals surface area contributed by atoms with Crippen molar-refractivity contribution in [1.29, 1.82) is 0 Å². The van der Waals surface area contributed by atoms with E-state index >= 15 is 0 Å². The van der Waals surface area contributed by atoms with Crippen LogP contribution in [-0.4, -0.2) is 18.4 Å². The fourth-order valence-electron chi connectivity index (χ4n) is 1.19. The third-order valence-corrected chi connectivity index (χ3v) is 1.86. The average molecular weight is 255 g/mol. The lowest BCUT2D eigenvalue weighted by Gasteiger charge is -2.14. The fourth-order valence-corrected chi connectivity index (χ4v) is 1.19. The first-order valence-corrected chi connectivity index (χ1v) is 4.20. The number of rotatable bonds is 3. The minimum atomic E-state index is -4.91. The van der Waals surface area contributed by atoms with Crippen molar-refractivity contribution in [3.63, 3.8) is 0 Å². The van der Waals surface area contributed by atoms with Crippen LogP contribution in [0, 0.1) is 0 Å². The van der Waals surface area contributed by atoms with Crippen LogP contribution in [0.25, 0.3) is 0 Å². The minimum Gasteiger partial charge on any atom is -0.494 e. The van der Waals surface area contributed by atoms with Gasteiger partial charge in [0.2, 0.25) is 0 Å². The number of hydrogen-bond donors (Lipinski definition) is 0. The quantitative estimate of drug-likeness (QED) is 0.615. The van der Waals surface area contributed by atoms with Crippen LogP contribution >= 0.6 is 0 Å². The van der Waals surface area contributed by atoms with E-state index in [1.165, 1.54) is 0 Å². The lowest BCUT2D eigenvalue weighted by molar-refractivity contribution is -0.139. The molecule has 3 nitrogen and oxygen atoms in total. The third kappa shape index (κ3) is 2.69. The summed E-state index contributed by atoms with van der Waals surface area (Å²) in [5, 5.41) is 0. The maximum atomic E-state index is 12.5. The summed E-state index contributed by atoms with van der Waals surface area (Å²) in [6.07, 6.45) is -8.18. The summed E-state index contributed by atoms with van der Waals surface area (Å²) in [6.45, 7) is 0. The number of carbonyl (C=O) groups is 1. The first kappa shape index (κ1) is 13.3. The van der Waals surface area contributed by atoms with Gasteiger partial charge in [0.1, 0.15) is 17.0 Å². The third-order valence-electron chi connectivity index (χ3n) is 1.86. The molecule has 1 rings (SSSR count).